The van der Waals surface area contributed by atoms with Crippen molar-refractivity contribution < 1.29 is 14.4 Å². The van der Waals surface area contributed by atoms with Crippen LogP contribution >= 0.6 is 22.6 Å². The number of hydrogen-bond donors (Lipinski definition) is 0. The zero-order valence-corrected chi connectivity index (χ0v) is 11.5. The molecule has 2 aliphatic rings. The fourth-order valence-corrected chi connectivity index (χ4v) is 3.56. The molecule has 1 heterocycles. The van der Waals surface area contributed by atoms with Crippen LogP contribution in [0.3, 0.4) is 0 Å². The Kier molecular flexibility index (Phi) is 3.71. The van der Waals surface area contributed by atoms with Crippen LogP contribution in [-0.2, 0) is 14.4 Å². The Morgan fingerprint density at radius 3 is 3.31 bits per heavy atom. The van der Waals surface area contributed by atoms with Crippen molar-refractivity contribution in [2.75, 3.05) is 6.61 Å². The van der Waals surface area contributed by atoms with Crippen LogP contribution in [-0.4, -0.2) is 21.9 Å². The molecule has 0 amide bonds. The lowest BCUT2D eigenvalue weighted by molar-refractivity contribution is -0.145. The molecule has 2 atom stereocenters. The van der Waals surface area contributed by atoms with E-state index < -0.39 is 0 Å². The third-order valence-corrected chi connectivity index (χ3v) is 4.34. The largest absolute Gasteiger partial charge is 0.466 e. The van der Waals surface area contributed by atoms with E-state index in [0.29, 0.717) is 18.9 Å². The zero-order chi connectivity index (χ0) is 11.6. The molecule has 0 radical (unpaired) electrons. The molecule has 0 N–H and O–H groups in total. The van der Waals surface area contributed by atoms with Gasteiger partial charge >= 0.3 is 5.97 Å². The van der Waals surface area contributed by atoms with Crippen molar-refractivity contribution in [2.24, 2.45) is 11.1 Å². The van der Waals surface area contributed by atoms with E-state index in [0.717, 1.165) is 29.4 Å². The van der Waals surface area contributed by atoms with E-state index in [4.69, 9.17) is 9.57 Å². The van der Waals surface area contributed by atoms with Crippen molar-refractivity contribution in [1.82, 2.24) is 0 Å². The van der Waals surface area contributed by atoms with Gasteiger partial charge in [-0.2, -0.15) is 0 Å². The molecular weight excluding hydrogens is 321 g/mol. The molecule has 1 saturated carbocycles. The van der Waals surface area contributed by atoms with Crippen LogP contribution in [0.5, 0.6) is 0 Å². The number of nitrogens with zero attached hydrogens (tertiary/aromatic N) is 1. The standard InChI is InChI=1S/C11H16INO3/c1-2-15-9(14)5-7-11-6-3-4-8(11)10(12)13-16-11/h8H,2-7H2,1H3. The van der Waals surface area contributed by atoms with Crippen molar-refractivity contribution in [3.63, 3.8) is 0 Å². The van der Waals surface area contributed by atoms with Gasteiger partial charge in [0.15, 0.2) is 0 Å². The van der Waals surface area contributed by atoms with Gasteiger partial charge in [-0.1, -0.05) is 5.16 Å². The maximum atomic E-state index is 11.3. The predicted molar refractivity (Wildman–Crippen MR) is 68.5 cm³/mol. The van der Waals surface area contributed by atoms with Gasteiger partial charge in [0.25, 0.3) is 0 Å². The summed E-state index contributed by atoms with van der Waals surface area (Å²) in [6.07, 6.45) is 4.46. The Balaban J connectivity index is 1.91. The van der Waals surface area contributed by atoms with Crippen molar-refractivity contribution >= 4 is 32.3 Å². The number of halogens is 1. The van der Waals surface area contributed by atoms with Gasteiger partial charge in [0.1, 0.15) is 9.32 Å². The van der Waals surface area contributed by atoms with Crippen molar-refractivity contribution in [3.8, 4) is 0 Å². The van der Waals surface area contributed by atoms with Crippen LogP contribution < -0.4 is 0 Å². The highest BCUT2D eigenvalue weighted by Gasteiger charge is 2.51. The second-order valence-electron chi connectivity index (χ2n) is 4.32. The van der Waals surface area contributed by atoms with Gasteiger partial charge in [-0.3, -0.25) is 4.79 Å². The molecular formula is C11H16INO3. The molecule has 90 valence electrons. The van der Waals surface area contributed by atoms with Gasteiger partial charge in [-0.25, -0.2) is 0 Å². The highest BCUT2D eigenvalue weighted by atomic mass is 127. The third kappa shape index (κ3) is 2.19. The van der Waals surface area contributed by atoms with Gasteiger partial charge in [-0.15, -0.1) is 0 Å². The summed E-state index contributed by atoms with van der Waals surface area (Å²) in [6.45, 7) is 2.27. The van der Waals surface area contributed by atoms with Crippen LogP contribution in [0.4, 0.5) is 0 Å². The van der Waals surface area contributed by atoms with Crippen molar-refractivity contribution in [1.29, 1.82) is 0 Å². The summed E-state index contributed by atoms with van der Waals surface area (Å²) in [5.41, 5.74) is -0.205. The highest BCUT2D eigenvalue weighted by molar-refractivity contribution is 14.1. The minimum atomic E-state index is -0.205. The maximum Gasteiger partial charge on any atom is 0.305 e. The third-order valence-electron chi connectivity index (χ3n) is 3.39. The summed E-state index contributed by atoms with van der Waals surface area (Å²) in [4.78, 5) is 16.9. The predicted octanol–water partition coefficient (Wildman–Crippen LogP) is 2.65. The summed E-state index contributed by atoms with van der Waals surface area (Å²) in [7, 11) is 0. The Morgan fingerprint density at radius 1 is 1.75 bits per heavy atom. The Morgan fingerprint density at radius 2 is 2.56 bits per heavy atom. The van der Waals surface area contributed by atoms with E-state index >= 15 is 0 Å². The van der Waals surface area contributed by atoms with Gasteiger partial charge in [0.2, 0.25) is 0 Å². The summed E-state index contributed by atoms with van der Waals surface area (Å²) in [6, 6.07) is 0. The van der Waals surface area contributed by atoms with Crippen molar-refractivity contribution in [3.05, 3.63) is 0 Å². The number of ether oxygens (including phenoxy) is 1. The molecule has 2 unspecified atom stereocenters. The van der Waals surface area contributed by atoms with Gasteiger partial charge in [0, 0.05) is 12.8 Å². The van der Waals surface area contributed by atoms with Gasteiger partial charge in [-0.05, 0) is 48.8 Å². The molecule has 4 nitrogen and oxygen atoms in total. The Labute approximate surface area is 109 Å². The second kappa shape index (κ2) is 4.89. The summed E-state index contributed by atoms with van der Waals surface area (Å²) in [5, 5.41) is 4.07. The van der Waals surface area contributed by atoms with Crippen LogP contribution in [0.25, 0.3) is 0 Å². The van der Waals surface area contributed by atoms with E-state index in [1.807, 2.05) is 6.92 Å². The molecule has 1 fully saturated rings. The fourth-order valence-electron chi connectivity index (χ4n) is 2.58. The van der Waals surface area contributed by atoms with Crippen LogP contribution in [0.1, 0.15) is 39.0 Å². The number of esters is 1. The fraction of sp³-hybridized carbons (Fsp3) is 0.818. The van der Waals surface area contributed by atoms with Crippen molar-refractivity contribution in [2.45, 2.75) is 44.6 Å². The molecule has 1 aliphatic heterocycles. The van der Waals surface area contributed by atoms with Crippen LogP contribution in [0, 0.1) is 5.92 Å². The average molecular weight is 337 g/mol. The molecule has 16 heavy (non-hydrogen) atoms. The minimum Gasteiger partial charge on any atom is -0.466 e. The van der Waals surface area contributed by atoms with Crippen LogP contribution in [0.15, 0.2) is 5.16 Å². The zero-order valence-electron chi connectivity index (χ0n) is 9.37. The number of oxime groups is 1. The number of hydrogen-bond acceptors (Lipinski definition) is 4. The summed E-state index contributed by atoms with van der Waals surface area (Å²) >= 11 is 2.24. The molecule has 2 rings (SSSR count). The SMILES string of the molecule is CCOC(=O)CCC12CCCC1C(I)=NO2. The first-order valence-electron chi connectivity index (χ1n) is 5.75. The molecule has 0 aromatic carbocycles. The molecule has 0 aromatic rings. The molecule has 0 spiro atoms. The first-order chi connectivity index (χ1) is 7.68. The monoisotopic (exact) mass is 337 g/mol. The number of carbonyl (C=O) groups excluding carboxylic acids is 1. The van der Waals surface area contributed by atoms with E-state index in [2.05, 4.69) is 27.7 Å². The molecule has 0 saturated heterocycles. The molecule has 5 heteroatoms. The summed E-state index contributed by atoms with van der Waals surface area (Å²) < 4.78 is 5.99. The van der Waals surface area contributed by atoms with E-state index in [1.165, 1.54) is 0 Å². The average Bonchev–Trinajstić information content (AvgIpc) is 2.79. The normalized spacial score (nSPS) is 31.9. The lowest BCUT2D eigenvalue weighted by atomic mass is 9.88. The summed E-state index contributed by atoms with van der Waals surface area (Å²) in [5.74, 6) is 0.274. The topological polar surface area (TPSA) is 47.9 Å². The van der Waals surface area contributed by atoms with Crippen LogP contribution in [0.2, 0.25) is 0 Å². The van der Waals surface area contributed by atoms with E-state index in [1.54, 1.807) is 0 Å². The first kappa shape index (κ1) is 12.1. The number of rotatable bonds is 4. The number of fused-ring (bicyclic) bond motifs is 1. The second-order valence-corrected chi connectivity index (χ2v) is 5.43. The van der Waals surface area contributed by atoms with E-state index in [-0.39, 0.29) is 11.6 Å². The van der Waals surface area contributed by atoms with E-state index in [9.17, 15) is 4.79 Å². The Hall–Kier alpha value is -0.330. The lowest BCUT2D eigenvalue weighted by Crippen LogP contribution is -2.34. The lowest BCUT2D eigenvalue weighted by Gasteiger charge is -2.25. The molecule has 1 aliphatic carbocycles. The maximum absolute atomic E-state index is 11.3. The molecule has 0 bridgehead atoms. The quantitative estimate of drug-likeness (QED) is 0.585. The highest BCUT2D eigenvalue weighted by Crippen LogP contribution is 2.47. The first-order valence-corrected chi connectivity index (χ1v) is 6.83. The smallest absolute Gasteiger partial charge is 0.305 e. The van der Waals surface area contributed by atoms with Gasteiger partial charge in [0.05, 0.1) is 12.5 Å². The van der Waals surface area contributed by atoms with Gasteiger partial charge < -0.3 is 9.57 Å². The Bertz CT molecular complexity index is 318. The minimum absolute atomic E-state index is 0.131. The number of carbonyl (C=O) groups is 1. The molecule has 0 aromatic heterocycles.